The van der Waals surface area contributed by atoms with E-state index in [9.17, 15) is 53.5 Å². The van der Waals surface area contributed by atoms with E-state index in [0.717, 1.165) is 19.2 Å². The maximum absolute atomic E-state index is 13.0. The number of hydrogen-bond acceptors (Lipinski definition) is 4. The van der Waals surface area contributed by atoms with Crippen LogP contribution in [0.2, 0.25) is 0 Å². The molecule has 0 atom stereocenters. The van der Waals surface area contributed by atoms with Crippen molar-refractivity contribution in [3.8, 4) is 11.5 Å². The molecule has 29 heavy (non-hydrogen) atoms. The molecular formula is C14H9F10NO4. The normalized spacial score (nSPS) is 13.1. The lowest BCUT2D eigenvalue weighted by molar-refractivity contribution is -0.276. The standard InChI is InChI=1S/C14H9F10NO4/c1-28-7-3-2-6(5-25-9(26)11(15,16)13(19,20)21)4-8(7)29-10(27)12(17,18)14(22,23)24/h2-4H,5H2,1H3,(H,25,26). The van der Waals surface area contributed by atoms with E-state index in [2.05, 4.69) is 9.47 Å². The second-order valence-corrected chi connectivity index (χ2v) is 5.20. The molecule has 0 bridgehead atoms. The molecule has 0 spiro atoms. The van der Waals surface area contributed by atoms with Crippen LogP contribution in [0.5, 0.6) is 11.5 Å². The van der Waals surface area contributed by atoms with Gasteiger partial charge in [0.25, 0.3) is 0 Å². The molecule has 1 N–H and O–H groups in total. The minimum absolute atomic E-state index is 0.393. The number of halogens is 10. The zero-order chi connectivity index (χ0) is 22.8. The van der Waals surface area contributed by atoms with Crippen molar-refractivity contribution < 1.29 is 63.0 Å². The molecule has 1 aromatic rings. The molecule has 0 saturated heterocycles. The summed E-state index contributed by atoms with van der Waals surface area (Å²) >= 11 is 0. The van der Waals surface area contributed by atoms with E-state index in [4.69, 9.17) is 0 Å². The number of ether oxygens (including phenoxy) is 2. The topological polar surface area (TPSA) is 64.6 Å². The first-order valence-electron chi connectivity index (χ1n) is 7.01. The van der Waals surface area contributed by atoms with Crippen LogP contribution in [0.4, 0.5) is 43.9 Å². The number of hydrogen-bond donors (Lipinski definition) is 1. The van der Waals surface area contributed by atoms with Gasteiger partial charge in [0.1, 0.15) is 0 Å². The maximum atomic E-state index is 13.0. The highest BCUT2D eigenvalue weighted by molar-refractivity contribution is 5.84. The van der Waals surface area contributed by atoms with E-state index < -0.39 is 59.7 Å². The average Bonchev–Trinajstić information content (AvgIpc) is 2.57. The van der Waals surface area contributed by atoms with Gasteiger partial charge in [-0.25, -0.2) is 4.79 Å². The summed E-state index contributed by atoms with van der Waals surface area (Å²) in [6, 6.07) is 2.26. The van der Waals surface area contributed by atoms with Gasteiger partial charge in [-0.3, -0.25) is 4.79 Å². The lowest BCUT2D eigenvalue weighted by atomic mass is 10.2. The lowest BCUT2D eigenvalue weighted by Gasteiger charge is -2.20. The lowest BCUT2D eigenvalue weighted by Crippen LogP contribution is -2.50. The molecule has 0 aliphatic heterocycles. The molecule has 0 aromatic heterocycles. The summed E-state index contributed by atoms with van der Waals surface area (Å²) in [5.74, 6) is -19.0. The molecular weight excluding hydrogens is 436 g/mol. The molecule has 164 valence electrons. The molecule has 0 aliphatic rings. The third kappa shape index (κ3) is 5.20. The van der Waals surface area contributed by atoms with Crippen LogP contribution in [-0.4, -0.2) is 43.2 Å². The first kappa shape index (κ1) is 24.3. The van der Waals surface area contributed by atoms with Crippen molar-refractivity contribution in [1.29, 1.82) is 0 Å². The predicted molar refractivity (Wildman–Crippen MR) is 72.5 cm³/mol. The van der Waals surface area contributed by atoms with E-state index >= 15 is 0 Å². The van der Waals surface area contributed by atoms with Crippen molar-refractivity contribution >= 4 is 11.9 Å². The molecule has 0 saturated carbocycles. The number of rotatable bonds is 6. The van der Waals surface area contributed by atoms with Crippen LogP contribution < -0.4 is 14.8 Å². The SMILES string of the molecule is COc1ccc(CNC(=O)C(F)(F)C(F)(F)F)cc1OC(=O)C(F)(F)C(F)(F)F. The zero-order valence-electron chi connectivity index (χ0n) is 13.9. The van der Waals surface area contributed by atoms with Gasteiger partial charge in [-0.1, -0.05) is 6.07 Å². The van der Waals surface area contributed by atoms with Gasteiger partial charge < -0.3 is 14.8 Å². The number of nitrogens with one attached hydrogen (secondary N) is 1. The van der Waals surface area contributed by atoms with Gasteiger partial charge in [0.2, 0.25) is 0 Å². The first-order chi connectivity index (χ1) is 12.9. The van der Waals surface area contributed by atoms with Crippen molar-refractivity contribution in [2.75, 3.05) is 7.11 Å². The Bertz CT molecular complexity index is 773. The Morgan fingerprint density at radius 1 is 0.862 bits per heavy atom. The van der Waals surface area contributed by atoms with Gasteiger partial charge in [0.15, 0.2) is 11.5 Å². The maximum Gasteiger partial charge on any atom is 0.465 e. The third-order valence-corrected chi connectivity index (χ3v) is 3.14. The number of methoxy groups -OCH3 is 1. The highest BCUT2D eigenvalue weighted by atomic mass is 19.4. The minimum Gasteiger partial charge on any atom is -0.493 e. The fraction of sp³-hybridized carbons (Fsp3) is 0.429. The van der Waals surface area contributed by atoms with Crippen LogP contribution in [-0.2, 0) is 16.1 Å². The molecule has 0 radical (unpaired) electrons. The number of amides is 1. The Labute approximate surface area is 154 Å². The van der Waals surface area contributed by atoms with Crippen LogP contribution >= 0.6 is 0 Å². The Morgan fingerprint density at radius 3 is 1.83 bits per heavy atom. The molecule has 0 fully saturated rings. The molecule has 1 aromatic carbocycles. The van der Waals surface area contributed by atoms with Crippen LogP contribution in [0.25, 0.3) is 0 Å². The number of carbonyl (C=O) groups is 2. The van der Waals surface area contributed by atoms with Crippen molar-refractivity contribution in [1.82, 2.24) is 5.32 Å². The molecule has 0 aliphatic carbocycles. The predicted octanol–water partition coefficient (Wildman–Crippen LogP) is 3.61. The Hall–Kier alpha value is -2.74. The highest BCUT2D eigenvalue weighted by Gasteiger charge is 2.65. The van der Waals surface area contributed by atoms with Gasteiger partial charge in [-0.2, -0.15) is 43.9 Å². The number of alkyl halides is 10. The monoisotopic (exact) mass is 445 g/mol. The smallest absolute Gasteiger partial charge is 0.465 e. The van der Waals surface area contributed by atoms with Gasteiger partial charge in [-0.15, -0.1) is 0 Å². The Balaban J connectivity index is 3.03. The van der Waals surface area contributed by atoms with Crippen molar-refractivity contribution in [2.24, 2.45) is 0 Å². The number of benzene rings is 1. The first-order valence-corrected chi connectivity index (χ1v) is 7.01. The van der Waals surface area contributed by atoms with Crippen molar-refractivity contribution in [3.63, 3.8) is 0 Å². The summed E-state index contributed by atoms with van der Waals surface area (Å²) in [5, 5.41) is 1.20. The van der Waals surface area contributed by atoms with Crippen LogP contribution in [0.3, 0.4) is 0 Å². The molecule has 5 nitrogen and oxygen atoms in total. The number of carbonyl (C=O) groups excluding carboxylic acids is 2. The summed E-state index contributed by atoms with van der Waals surface area (Å²) < 4.78 is 133. The largest absolute Gasteiger partial charge is 0.493 e. The summed E-state index contributed by atoms with van der Waals surface area (Å²) in [6.45, 7) is -1.05. The fourth-order valence-electron chi connectivity index (χ4n) is 1.61. The second kappa shape index (κ2) is 7.94. The van der Waals surface area contributed by atoms with Crippen LogP contribution in [0.1, 0.15) is 5.56 Å². The zero-order valence-corrected chi connectivity index (χ0v) is 13.9. The third-order valence-electron chi connectivity index (χ3n) is 3.14. The van der Waals surface area contributed by atoms with Crippen LogP contribution in [0.15, 0.2) is 18.2 Å². The van der Waals surface area contributed by atoms with E-state index in [1.54, 1.807) is 0 Å². The summed E-state index contributed by atoms with van der Waals surface area (Å²) in [6.07, 6.45) is -12.5. The average molecular weight is 445 g/mol. The van der Waals surface area contributed by atoms with Gasteiger partial charge >= 0.3 is 36.1 Å². The van der Waals surface area contributed by atoms with Gasteiger partial charge in [-0.05, 0) is 17.7 Å². The molecule has 15 heteroatoms. The summed E-state index contributed by atoms with van der Waals surface area (Å²) in [5.41, 5.74) is -0.393. The highest BCUT2D eigenvalue weighted by Crippen LogP contribution is 2.38. The molecule has 1 rings (SSSR count). The second-order valence-electron chi connectivity index (χ2n) is 5.20. The summed E-state index contributed by atoms with van der Waals surface area (Å²) in [7, 11) is 0.903. The molecule has 1 amide bonds. The van der Waals surface area contributed by atoms with E-state index in [-0.39, 0.29) is 0 Å². The minimum atomic E-state index is -6.29. The Morgan fingerprint density at radius 2 is 1.38 bits per heavy atom. The quantitative estimate of drug-likeness (QED) is 0.413. The van der Waals surface area contributed by atoms with Crippen molar-refractivity contribution in [3.05, 3.63) is 23.8 Å². The van der Waals surface area contributed by atoms with Crippen molar-refractivity contribution in [2.45, 2.75) is 30.7 Å². The van der Waals surface area contributed by atoms with E-state index in [1.807, 2.05) is 0 Å². The molecule has 0 heterocycles. The summed E-state index contributed by atoms with van der Waals surface area (Å²) in [4.78, 5) is 22.1. The van der Waals surface area contributed by atoms with Gasteiger partial charge in [0, 0.05) is 6.54 Å². The Kier molecular flexibility index (Phi) is 6.66. The van der Waals surface area contributed by atoms with E-state index in [0.29, 0.717) is 6.07 Å². The fourth-order valence-corrected chi connectivity index (χ4v) is 1.61. The van der Waals surface area contributed by atoms with Gasteiger partial charge in [0.05, 0.1) is 7.11 Å². The van der Waals surface area contributed by atoms with Crippen LogP contribution in [0, 0.1) is 0 Å². The molecule has 0 unspecified atom stereocenters. The van der Waals surface area contributed by atoms with E-state index in [1.165, 1.54) is 5.32 Å². The number of esters is 1.